The van der Waals surface area contributed by atoms with E-state index in [2.05, 4.69) is 17.4 Å². The van der Waals surface area contributed by atoms with Crippen molar-refractivity contribution in [3.63, 3.8) is 0 Å². The second-order valence-corrected chi connectivity index (χ2v) is 8.82. The molecule has 0 heterocycles. The van der Waals surface area contributed by atoms with Crippen LogP contribution in [0.2, 0.25) is 0 Å². The lowest BCUT2D eigenvalue weighted by atomic mass is 9.85. The highest BCUT2D eigenvalue weighted by molar-refractivity contribution is 5.85. The molecule has 0 saturated heterocycles. The quantitative estimate of drug-likeness (QED) is 0.621. The molecule has 168 valence electrons. The maximum atomic E-state index is 13.1. The van der Waals surface area contributed by atoms with Gasteiger partial charge in [0.25, 0.3) is 0 Å². The van der Waals surface area contributed by atoms with Gasteiger partial charge in [-0.05, 0) is 56.4 Å². The van der Waals surface area contributed by atoms with Gasteiger partial charge in [-0.2, -0.15) is 0 Å². The highest BCUT2D eigenvalue weighted by Crippen LogP contribution is 2.29. The zero-order valence-corrected chi connectivity index (χ0v) is 18.9. The Labute approximate surface area is 187 Å². The van der Waals surface area contributed by atoms with Crippen LogP contribution in [0.25, 0.3) is 0 Å². The highest BCUT2D eigenvalue weighted by atomic mass is 35.5. The summed E-state index contributed by atoms with van der Waals surface area (Å²) in [6.07, 6.45) is 10.0. The second kappa shape index (κ2) is 13.0. The molecule has 0 spiro atoms. The van der Waals surface area contributed by atoms with Crippen LogP contribution < -0.4 is 11.1 Å². The summed E-state index contributed by atoms with van der Waals surface area (Å²) in [5, 5.41) is 3.22. The van der Waals surface area contributed by atoms with Crippen LogP contribution in [-0.4, -0.2) is 42.4 Å². The largest absolute Gasteiger partial charge is 0.353 e. The molecule has 1 aromatic carbocycles. The molecule has 1 aromatic rings. The van der Waals surface area contributed by atoms with Crippen molar-refractivity contribution in [2.45, 2.75) is 70.3 Å². The number of nitrogens with zero attached hydrogens (tertiary/aromatic N) is 1. The van der Waals surface area contributed by atoms with E-state index in [0.717, 1.165) is 38.6 Å². The fourth-order valence-corrected chi connectivity index (χ4v) is 4.90. The molecule has 0 aromatic heterocycles. The number of carbonyl (C=O) groups is 2. The van der Waals surface area contributed by atoms with Gasteiger partial charge in [-0.25, -0.2) is 0 Å². The van der Waals surface area contributed by atoms with Gasteiger partial charge in [0.15, 0.2) is 0 Å². The molecule has 2 amide bonds. The molecule has 0 aliphatic heterocycles. The molecule has 2 saturated carbocycles. The lowest BCUT2D eigenvalue weighted by molar-refractivity contribution is -0.136. The average molecular weight is 436 g/mol. The Morgan fingerprint density at radius 2 is 1.63 bits per heavy atom. The summed E-state index contributed by atoms with van der Waals surface area (Å²) in [4.78, 5) is 27.3. The number of amides is 2. The van der Waals surface area contributed by atoms with Gasteiger partial charge in [0.05, 0.1) is 0 Å². The third kappa shape index (κ3) is 7.59. The minimum absolute atomic E-state index is 0. The van der Waals surface area contributed by atoms with E-state index in [9.17, 15) is 9.59 Å². The third-order valence-corrected chi connectivity index (χ3v) is 6.61. The van der Waals surface area contributed by atoms with E-state index >= 15 is 0 Å². The molecule has 0 radical (unpaired) electrons. The molecule has 2 aliphatic rings. The lowest BCUT2D eigenvalue weighted by Gasteiger charge is -2.32. The Morgan fingerprint density at radius 3 is 2.27 bits per heavy atom. The highest BCUT2D eigenvalue weighted by Gasteiger charge is 2.30. The van der Waals surface area contributed by atoms with Gasteiger partial charge in [-0.3, -0.25) is 9.59 Å². The number of nitrogens with two attached hydrogens (primary N) is 1. The van der Waals surface area contributed by atoms with Crippen molar-refractivity contribution in [3.05, 3.63) is 35.9 Å². The summed E-state index contributed by atoms with van der Waals surface area (Å²) in [6.45, 7) is 1.83. The number of hydrogen-bond acceptors (Lipinski definition) is 3. The number of hydrogen-bond donors (Lipinski definition) is 2. The minimum atomic E-state index is 0. The topological polar surface area (TPSA) is 75.4 Å². The van der Waals surface area contributed by atoms with Crippen LogP contribution in [-0.2, 0) is 16.0 Å². The molecule has 0 unspecified atom stereocenters. The summed E-state index contributed by atoms with van der Waals surface area (Å²) in [5.74, 6) is 1.10. The van der Waals surface area contributed by atoms with Crippen molar-refractivity contribution in [2.24, 2.45) is 17.6 Å². The van der Waals surface area contributed by atoms with Crippen LogP contribution in [0.3, 0.4) is 0 Å². The van der Waals surface area contributed by atoms with E-state index in [1.165, 1.54) is 31.2 Å². The van der Waals surface area contributed by atoms with Crippen LogP contribution in [0.5, 0.6) is 0 Å². The predicted molar refractivity (Wildman–Crippen MR) is 123 cm³/mol. The fraction of sp³-hybridized carbons (Fsp3) is 0.667. The second-order valence-electron chi connectivity index (χ2n) is 8.82. The van der Waals surface area contributed by atoms with E-state index in [1.54, 1.807) is 0 Å². The first kappa shape index (κ1) is 24.7. The van der Waals surface area contributed by atoms with E-state index in [4.69, 9.17) is 5.73 Å². The molecule has 2 aliphatic carbocycles. The molecule has 2 fully saturated rings. The molecular formula is C24H38ClN3O2. The smallest absolute Gasteiger partial charge is 0.225 e. The molecule has 3 rings (SSSR count). The molecule has 5 nitrogen and oxygen atoms in total. The molecule has 0 atom stereocenters. The first-order valence-electron chi connectivity index (χ1n) is 11.5. The van der Waals surface area contributed by atoms with Gasteiger partial charge in [0, 0.05) is 38.0 Å². The fourth-order valence-electron chi connectivity index (χ4n) is 4.90. The first-order chi connectivity index (χ1) is 14.2. The Balaban J connectivity index is 0.00000320. The number of rotatable bonds is 9. The van der Waals surface area contributed by atoms with E-state index in [-0.39, 0.29) is 36.2 Å². The van der Waals surface area contributed by atoms with Gasteiger partial charge >= 0.3 is 0 Å². The summed E-state index contributed by atoms with van der Waals surface area (Å²) in [6, 6.07) is 10.5. The first-order valence-corrected chi connectivity index (χ1v) is 11.5. The third-order valence-electron chi connectivity index (χ3n) is 6.61. The zero-order valence-electron chi connectivity index (χ0n) is 18.1. The molecule has 30 heavy (non-hydrogen) atoms. The standard InChI is InChI=1S/C24H37N3O2.ClH/c25-15-17-27(16-14-19-6-2-1-3-7-19)24(29)21-10-12-22(13-11-21)26-23(28)18-20-8-4-5-9-20;/h1-3,6-7,20-22H,4-5,8-18,25H2,(H,26,28);1H. The monoisotopic (exact) mass is 435 g/mol. The number of carbonyl (C=O) groups excluding carboxylic acids is 2. The van der Waals surface area contributed by atoms with E-state index < -0.39 is 0 Å². The average Bonchev–Trinajstić information content (AvgIpc) is 3.25. The normalized spacial score (nSPS) is 21.6. The van der Waals surface area contributed by atoms with E-state index in [1.807, 2.05) is 23.1 Å². The van der Waals surface area contributed by atoms with Crippen LogP contribution in [0.15, 0.2) is 30.3 Å². The number of benzene rings is 1. The van der Waals surface area contributed by atoms with Crippen LogP contribution in [0.4, 0.5) is 0 Å². The Kier molecular flexibility index (Phi) is 10.7. The van der Waals surface area contributed by atoms with Crippen LogP contribution in [0, 0.1) is 11.8 Å². The van der Waals surface area contributed by atoms with Gasteiger partial charge in [0.1, 0.15) is 0 Å². The van der Waals surface area contributed by atoms with Gasteiger partial charge in [-0.1, -0.05) is 43.2 Å². The summed E-state index contributed by atoms with van der Waals surface area (Å²) < 4.78 is 0. The number of halogens is 1. The lowest BCUT2D eigenvalue weighted by Crippen LogP contribution is -2.44. The van der Waals surface area contributed by atoms with E-state index in [0.29, 0.717) is 25.4 Å². The molecular weight excluding hydrogens is 398 g/mol. The SMILES string of the molecule is Cl.NCCN(CCc1ccccc1)C(=O)C1CCC(NC(=O)CC2CCCC2)CC1. The van der Waals surface area contributed by atoms with Gasteiger partial charge in [0.2, 0.25) is 11.8 Å². The summed E-state index contributed by atoms with van der Waals surface area (Å²) in [7, 11) is 0. The molecule has 6 heteroatoms. The van der Waals surface area contributed by atoms with Gasteiger partial charge < -0.3 is 16.0 Å². The van der Waals surface area contributed by atoms with Crippen molar-refractivity contribution in [3.8, 4) is 0 Å². The Morgan fingerprint density at radius 1 is 0.967 bits per heavy atom. The van der Waals surface area contributed by atoms with Crippen LogP contribution >= 0.6 is 12.4 Å². The summed E-state index contributed by atoms with van der Waals surface area (Å²) >= 11 is 0. The zero-order chi connectivity index (χ0) is 20.5. The Hall–Kier alpha value is -1.59. The van der Waals surface area contributed by atoms with Crippen molar-refractivity contribution >= 4 is 24.2 Å². The maximum absolute atomic E-state index is 13.1. The molecule has 3 N–H and O–H groups in total. The minimum Gasteiger partial charge on any atom is -0.353 e. The van der Waals surface area contributed by atoms with Crippen molar-refractivity contribution in [1.29, 1.82) is 0 Å². The maximum Gasteiger partial charge on any atom is 0.225 e. The van der Waals surface area contributed by atoms with Gasteiger partial charge in [-0.15, -0.1) is 12.4 Å². The van der Waals surface area contributed by atoms with Crippen molar-refractivity contribution < 1.29 is 9.59 Å². The van der Waals surface area contributed by atoms with Crippen molar-refractivity contribution in [1.82, 2.24) is 10.2 Å². The summed E-state index contributed by atoms with van der Waals surface area (Å²) in [5.41, 5.74) is 7.01. The van der Waals surface area contributed by atoms with Crippen LogP contribution in [0.1, 0.15) is 63.4 Å². The molecule has 0 bridgehead atoms. The van der Waals surface area contributed by atoms with Crippen molar-refractivity contribution in [2.75, 3.05) is 19.6 Å². The number of nitrogens with one attached hydrogen (secondary N) is 1. The predicted octanol–water partition coefficient (Wildman–Crippen LogP) is 3.69. The Bertz CT molecular complexity index is 641.